The van der Waals surface area contributed by atoms with Crippen molar-refractivity contribution in [2.75, 3.05) is 0 Å². The van der Waals surface area contributed by atoms with Crippen LogP contribution in [0.2, 0.25) is 0 Å². The van der Waals surface area contributed by atoms with Gasteiger partial charge in [-0.05, 0) is 18.6 Å². The van der Waals surface area contributed by atoms with Crippen molar-refractivity contribution in [1.82, 2.24) is 9.38 Å². The van der Waals surface area contributed by atoms with E-state index < -0.39 is 14.5 Å². The van der Waals surface area contributed by atoms with Crippen molar-refractivity contribution in [2.24, 2.45) is 0 Å². The van der Waals surface area contributed by atoms with Gasteiger partial charge < -0.3 is 0 Å². The van der Waals surface area contributed by atoms with Crippen molar-refractivity contribution in [2.45, 2.75) is 38.1 Å². The minimum Gasteiger partial charge on any atom is -0.289 e. The first kappa shape index (κ1) is 13.4. The van der Waals surface area contributed by atoms with Gasteiger partial charge in [0.15, 0.2) is 5.03 Å². The first-order valence-corrected chi connectivity index (χ1v) is 7.86. The first-order chi connectivity index (χ1) is 8.12. The second-order valence-corrected chi connectivity index (χ2v) is 7.82. The second kappa shape index (κ2) is 3.96. The van der Waals surface area contributed by atoms with Crippen LogP contribution in [0.5, 0.6) is 0 Å². The van der Waals surface area contributed by atoms with Crippen molar-refractivity contribution in [1.29, 1.82) is 0 Å². The fraction of sp³-hybridized carbons (Fsp3) is 0.417. The molecule has 2 rings (SSSR count). The highest BCUT2D eigenvalue weighted by molar-refractivity contribution is 8.13. The zero-order valence-electron chi connectivity index (χ0n) is 10.7. The third-order valence-corrected chi connectivity index (χ3v) is 4.03. The van der Waals surface area contributed by atoms with Gasteiger partial charge in [-0.1, -0.05) is 26.8 Å². The van der Waals surface area contributed by atoms with Crippen molar-refractivity contribution in [3.8, 4) is 0 Å². The van der Waals surface area contributed by atoms with Gasteiger partial charge in [-0.3, -0.25) is 4.40 Å². The lowest BCUT2D eigenvalue weighted by Gasteiger charge is -2.16. The number of nitrogens with zero attached hydrogens (tertiary/aromatic N) is 2. The molecule has 2 aromatic rings. The van der Waals surface area contributed by atoms with Gasteiger partial charge in [0.2, 0.25) is 0 Å². The molecule has 0 radical (unpaired) electrons. The molecule has 0 aromatic carbocycles. The third-order valence-electron chi connectivity index (χ3n) is 2.74. The summed E-state index contributed by atoms with van der Waals surface area (Å²) in [5, 5.41) is 0.0652. The number of aryl methyl sites for hydroxylation is 1. The van der Waals surface area contributed by atoms with E-state index in [1.54, 1.807) is 12.3 Å². The van der Waals surface area contributed by atoms with Gasteiger partial charge in [-0.2, -0.15) is 0 Å². The Morgan fingerprint density at radius 2 is 1.94 bits per heavy atom. The summed E-state index contributed by atoms with van der Waals surface area (Å²) in [6.45, 7) is 7.63. The summed E-state index contributed by atoms with van der Waals surface area (Å²) >= 11 is 0. The van der Waals surface area contributed by atoms with Crippen LogP contribution in [-0.4, -0.2) is 17.8 Å². The van der Waals surface area contributed by atoms with E-state index in [9.17, 15) is 8.42 Å². The van der Waals surface area contributed by atoms with Crippen LogP contribution < -0.4 is 0 Å². The molecule has 6 heteroatoms. The zero-order valence-corrected chi connectivity index (χ0v) is 12.3. The summed E-state index contributed by atoms with van der Waals surface area (Å²) in [7, 11) is 1.71. The van der Waals surface area contributed by atoms with E-state index in [1.165, 1.54) is 4.40 Å². The van der Waals surface area contributed by atoms with Crippen molar-refractivity contribution >= 4 is 25.4 Å². The van der Waals surface area contributed by atoms with Crippen LogP contribution in [0.3, 0.4) is 0 Å². The number of imidazole rings is 1. The number of aromatic nitrogens is 2. The van der Waals surface area contributed by atoms with Crippen molar-refractivity contribution in [3.05, 3.63) is 29.6 Å². The van der Waals surface area contributed by atoms with Crippen LogP contribution in [0.25, 0.3) is 5.65 Å². The molecule has 0 unspecified atom stereocenters. The SMILES string of the molecule is Cc1cccn2c(S(=O)(=O)Cl)c(C(C)(C)C)nc12. The predicted octanol–water partition coefficient (Wildman–Crippen LogP) is 2.87. The number of rotatable bonds is 1. The molecule has 2 heterocycles. The Morgan fingerprint density at radius 3 is 2.44 bits per heavy atom. The summed E-state index contributed by atoms with van der Waals surface area (Å²) < 4.78 is 25.1. The molecule has 0 saturated carbocycles. The molecule has 0 aliphatic heterocycles. The molecular formula is C12H15ClN2O2S. The van der Waals surface area contributed by atoms with Gasteiger partial charge in [0, 0.05) is 22.3 Å². The molecule has 0 aliphatic rings. The Labute approximate surface area is 111 Å². The van der Waals surface area contributed by atoms with E-state index in [1.807, 2.05) is 33.8 Å². The maximum Gasteiger partial charge on any atom is 0.279 e. The van der Waals surface area contributed by atoms with E-state index in [4.69, 9.17) is 10.7 Å². The minimum atomic E-state index is -3.84. The molecule has 0 N–H and O–H groups in total. The molecule has 0 atom stereocenters. The van der Waals surface area contributed by atoms with Crippen LogP contribution in [0, 0.1) is 6.92 Å². The minimum absolute atomic E-state index is 0.0652. The smallest absolute Gasteiger partial charge is 0.279 e. The molecule has 0 bridgehead atoms. The van der Waals surface area contributed by atoms with Gasteiger partial charge in [0.05, 0.1) is 5.69 Å². The monoisotopic (exact) mass is 286 g/mol. The molecule has 0 aliphatic carbocycles. The molecular weight excluding hydrogens is 272 g/mol. The topological polar surface area (TPSA) is 51.4 Å². The Bertz CT molecular complexity index is 711. The Morgan fingerprint density at radius 1 is 1.33 bits per heavy atom. The zero-order chi connectivity index (χ0) is 13.7. The van der Waals surface area contributed by atoms with Crippen LogP contribution >= 0.6 is 10.7 Å². The fourth-order valence-electron chi connectivity index (χ4n) is 1.90. The van der Waals surface area contributed by atoms with E-state index in [0.717, 1.165) is 5.56 Å². The number of halogens is 1. The summed E-state index contributed by atoms with van der Waals surface area (Å²) in [5.41, 5.74) is 1.64. The standard InChI is InChI=1S/C12H15ClN2O2S/c1-8-6-5-7-15-10(8)14-9(12(2,3)4)11(15)18(13,16)17/h5-7H,1-4H3. The lowest BCUT2D eigenvalue weighted by atomic mass is 9.93. The highest BCUT2D eigenvalue weighted by atomic mass is 35.7. The average Bonchev–Trinajstić information content (AvgIpc) is 2.56. The Hall–Kier alpha value is -1.07. The first-order valence-electron chi connectivity index (χ1n) is 5.55. The van der Waals surface area contributed by atoms with E-state index >= 15 is 0 Å². The van der Waals surface area contributed by atoms with Gasteiger partial charge in [-0.15, -0.1) is 0 Å². The lowest BCUT2D eigenvalue weighted by molar-refractivity contribution is 0.547. The largest absolute Gasteiger partial charge is 0.289 e. The van der Waals surface area contributed by atoms with Crippen LogP contribution in [-0.2, 0) is 14.5 Å². The number of fused-ring (bicyclic) bond motifs is 1. The molecule has 0 amide bonds. The Kier molecular flexibility index (Phi) is 2.94. The highest BCUT2D eigenvalue weighted by Gasteiger charge is 2.30. The summed E-state index contributed by atoms with van der Waals surface area (Å²) in [6.07, 6.45) is 1.67. The summed E-state index contributed by atoms with van der Waals surface area (Å²) in [4.78, 5) is 4.45. The molecule has 18 heavy (non-hydrogen) atoms. The highest BCUT2D eigenvalue weighted by Crippen LogP contribution is 2.31. The molecule has 0 fully saturated rings. The second-order valence-electron chi connectivity index (χ2n) is 5.34. The van der Waals surface area contributed by atoms with E-state index in [-0.39, 0.29) is 5.03 Å². The molecule has 2 aromatic heterocycles. The number of pyridine rings is 1. The lowest BCUT2D eigenvalue weighted by Crippen LogP contribution is -2.16. The summed E-state index contributed by atoms with van der Waals surface area (Å²) in [5.74, 6) is 0. The maximum absolute atomic E-state index is 11.8. The van der Waals surface area contributed by atoms with Crippen molar-refractivity contribution < 1.29 is 8.42 Å². The maximum atomic E-state index is 11.8. The fourth-order valence-corrected chi connectivity index (χ4v) is 3.31. The van der Waals surface area contributed by atoms with Gasteiger partial charge in [-0.25, -0.2) is 13.4 Å². The van der Waals surface area contributed by atoms with Crippen molar-refractivity contribution in [3.63, 3.8) is 0 Å². The normalized spacial score (nSPS) is 13.2. The third kappa shape index (κ3) is 2.12. The van der Waals surface area contributed by atoms with Crippen LogP contribution in [0.1, 0.15) is 32.0 Å². The van der Waals surface area contributed by atoms with Gasteiger partial charge in [0.25, 0.3) is 9.05 Å². The van der Waals surface area contributed by atoms with Gasteiger partial charge >= 0.3 is 0 Å². The molecule has 0 spiro atoms. The van der Waals surface area contributed by atoms with Crippen LogP contribution in [0.4, 0.5) is 0 Å². The Balaban J connectivity index is 3.00. The van der Waals surface area contributed by atoms with E-state index in [2.05, 4.69) is 4.98 Å². The van der Waals surface area contributed by atoms with Crippen LogP contribution in [0.15, 0.2) is 23.4 Å². The number of hydrogen-bond acceptors (Lipinski definition) is 3. The molecule has 0 saturated heterocycles. The van der Waals surface area contributed by atoms with Gasteiger partial charge in [0.1, 0.15) is 5.65 Å². The van der Waals surface area contributed by atoms with E-state index in [0.29, 0.717) is 11.3 Å². The predicted molar refractivity (Wildman–Crippen MR) is 71.7 cm³/mol. The molecule has 98 valence electrons. The molecule has 4 nitrogen and oxygen atoms in total. The average molecular weight is 287 g/mol. The quantitative estimate of drug-likeness (QED) is 0.758. The number of hydrogen-bond donors (Lipinski definition) is 0. The summed E-state index contributed by atoms with van der Waals surface area (Å²) in [6, 6.07) is 3.67.